The molecule has 5 heterocycles. The highest BCUT2D eigenvalue weighted by Gasteiger charge is 2.70. The van der Waals surface area contributed by atoms with Gasteiger partial charge in [-0.1, -0.05) is 30.7 Å². The number of nitrogens with two attached hydrogens (primary N) is 2. The SMILES string of the molecule is COc1cccc2c1C(=O)c1c(O)c3c(c(O)c1C2=O)C[C@@](O)(C1(O)COC(CO)([C@]2(O)Cc4c(O)c5c(c(O)c4[C@@H](O[C@H]4CC(N)[C@H](O[C@@H]6CCCCCO6)C(C)O4)C2)C(=O)c2c(OC)cccc2C5=O)O1)C[C@@H]3O[C@H]1CC(N)[C@H](O[C@@H]2CCCCO2)C(C)O1. The minimum Gasteiger partial charge on any atom is -0.507 e. The van der Waals surface area contributed by atoms with Crippen LogP contribution >= 0.6 is 0 Å². The van der Waals surface area contributed by atoms with Crippen molar-refractivity contribution in [1.82, 2.24) is 0 Å². The second-order valence-corrected chi connectivity index (χ2v) is 25.4. The molecule has 0 aromatic heterocycles. The van der Waals surface area contributed by atoms with E-state index in [9.17, 15) is 60.0 Å². The number of phenols is 4. The highest BCUT2D eigenvalue weighted by atomic mass is 16.8. The zero-order chi connectivity index (χ0) is 64.4. The molecule has 0 saturated carbocycles. The predicted molar refractivity (Wildman–Crippen MR) is 311 cm³/mol. The molecule has 0 radical (unpaired) electrons. The summed E-state index contributed by atoms with van der Waals surface area (Å²) >= 11 is 0. The highest BCUT2D eigenvalue weighted by Crippen LogP contribution is 2.60. The van der Waals surface area contributed by atoms with Gasteiger partial charge in [-0.25, -0.2) is 0 Å². The van der Waals surface area contributed by atoms with Crippen LogP contribution in [0.3, 0.4) is 0 Å². The number of fused-ring (bicyclic) bond motifs is 6. The molecule has 26 nitrogen and oxygen atoms in total. The largest absolute Gasteiger partial charge is 0.507 e. The summed E-state index contributed by atoms with van der Waals surface area (Å²) in [7, 11) is 2.59. The van der Waals surface area contributed by atoms with E-state index < -0.39 is 204 Å². The molecule has 13 rings (SSSR count). The van der Waals surface area contributed by atoms with Gasteiger partial charge in [0.15, 0.2) is 36.7 Å². The molecule has 0 bridgehead atoms. The molecule has 16 atom stereocenters. The zero-order valence-electron chi connectivity index (χ0n) is 50.7. The van der Waals surface area contributed by atoms with Gasteiger partial charge in [0, 0.05) is 97.2 Å². The lowest BCUT2D eigenvalue weighted by atomic mass is 9.69. The van der Waals surface area contributed by atoms with Crippen LogP contribution in [-0.2, 0) is 60.2 Å². The van der Waals surface area contributed by atoms with E-state index in [-0.39, 0.29) is 68.8 Å². The molecule has 12 N–H and O–H groups in total. The van der Waals surface area contributed by atoms with Crippen molar-refractivity contribution in [2.75, 3.05) is 40.6 Å². The summed E-state index contributed by atoms with van der Waals surface area (Å²) in [6, 6.07) is 7.00. The molecule has 4 aromatic carbocycles. The number of aliphatic hydroxyl groups excluding tert-OH is 1. The van der Waals surface area contributed by atoms with Crippen LogP contribution in [0.2, 0.25) is 0 Å². The van der Waals surface area contributed by atoms with Gasteiger partial charge < -0.3 is 109 Å². The Balaban J connectivity index is 0.872. The Morgan fingerprint density at radius 1 is 0.549 bits per heavy atom. The lowest BCUT2D eigenvalue weighted by molar-refractivity contribution is -0.367. The number of ether oxygens (including phenoxy) is 12. The Hall–Kier alpha value is -6.28. The highest BCUT2D eigenvalue weighted by molar-refractivity contribution is 6.32. The second-order valence-electron chi connectivity index (χ2n) is 25.4. The average Bonchev–Trinajstić information content (AvgIpc) is 1.68. The van der Waals surface area contributed by atoms with E-state index in [2.05, 4.69) is 0 Å². The summed E-state index contributed by atoms with van der Waals surface area (Å²) in [4.78, 5) is 58.4. The van der Waals surface area contributed by atoms with Crippen LogP contribution in [-0.4, -0.2) is 189 Å². The predicted octanol–water partition coefficient (Wildman–Crippen LogP) is 3.81. The lowest BCUT2D eigenvalue weighted by Gasteiger charge is -2.50. The molecule has 6 unspecified atom stereocenters. The average molecular weight is 1270 g/mol. The van der Waals surface area contributed by atoms with Gasteiger partial charge in [-0.15, -0.1) is 0 Å². The lowest BCUT2D eigenvalue weighted by Crippen LogP contribution is -2.65. The fourth-order valence-corrected chi connectivity index (χ4v) is 15.2. The summed E-state index contributed by atoms with van der Waals surface area (Å²) in [5, 5.41) is 102. The summed E-state index contributed by atoms with van der Waals surface area (Å²) in [5.41, 5.74) is 3.56. The Bertz CT molecular complexity index is 3560. The molecule has 9 aliphatic rings. The Morgan fingerprint density at radius 3 is 1.45 bits per heavy atom. The van der Waals surface area contributed by atoms with Crippen molar-refractivity contribution in [2.45, 2.75) is 194 Å². The Labute approximate surface area is 522 Å². The Morgan fingerprint density at radius 2 is 0.989 bits per heavy atom. The molecule has 26 heteroatoms. The maximum absolute atomic E-state index is 14.6. The third kappa shape index (κ3) is 10.3. The summed E-state index contributed by atoms with van der Waals surface area (Å²) < 4.78 is 74.2. The standard InChI is InChI=1S/C65H76N2O24/c1-28-60(89-40-16-6-5-8-18-82-40)35(67)21-43(86-28)88-39-25-63(78,23-33-47(39)59(76)51-49(55(33)72)53(70)31-13-11-15-37(81-4)45(31)57(51)74)65(26-68)84-27-64(79,91-65)62(77)22-32-46(38(24-62)87-42-20-34(66)61(29(2)85-42)90-41-17-7-9-19-83-41)58(75)50-48(54(32)71)52(69)30-12-10-14-36(80-3)44(30)56(50)73/h10-15,28-29,34-35,38-43,60-61,68,71-72,75-79H,5-9,16-27,66-67H2,1-4H3/t28?,29?,34?,35?,38-,39-,40+,41+,42-,43-,60+,61+,62-,63-,64?,65?/m0/s1. The third-order valence-corrected chi connectivity index (χ3v) is 19.8. The molecule has 4 aliphatic carbocycles. The van der Waals surface area contributed by atoms with Crippen molar-refractivity contribution in [3.63, 3.8) is 0 Å². The van der Waals surface area contributed by atoms with Crippen molar-refractivity contribution in [1.29, 1.82) is 0 Å². The number of benzene rings is 4. The molecule has 0 spiro atoms. The van der Waals surface area contributed by atoms with Crippen LogP contribution in [0, 0.1) is 0 Å². The first-order valence-electron chi connectivity index (χ1n) is 31.0. The number of carbonyl (C=O) groups is 4. The van der Waals surface area contributed by atoms with E-state index in [0.717, 1.165) is 32.1 Å². The normalized spacial score (nSPS) is 35.5. The number of ketones is 4. The molecule has 4 aromatic rings. The number of hydrogen-bond acceptors (Lipinski definition) is 26. The van der Waals surface area contributed by atoms with Crippen LogP contribution in [0.15, 0.2) is 36.4 Å². The van der Waals surface area contributed by atoms with E-state index in [1.165, 1.54) is 50.6 Å². The first kappa shape index (κ1) is 63.5. The number of aromatic hydroxyl groups is 4. The number of hydrogen-bond donors (Lipinski definition) is 10. The number of methoxy groups -OCH3 is 2. The van der Waals surface area contributed by atoms with E-state index in [1.807, 2.05) is 0 Å². The van der Waals surface area contributed by atoms with E-state index in [0.29, 0.717) is 26.1 Å². The van der Waals surface area contributed by atoms with Gasteiger partial charge in [-0.05, 0) is 64.5 Å². The Kier molecular flexibility index (Phi) is 16.7. The van der Waals surface area contributed by atoms with Crippen LogP contribution in [0.1, 0.15) is 183 Å². The zero-order valence-corrected chi connectivity index (χ0v) is 50.7. The van der Waals surface area contributed by atoms with Gasteiger partial charge in [0.05, 0.1) is 72.0 Å². The number of phenolic OH excluding ortho intramolecular Hbond substituents is 4. The van der Waals surface area contributed by atoms with Crippen molar-refractivity contribution < 1.29 is 117 Å². The van der Waals surface area contributed by atoms with Crippen molar-refractivity contribution >= 4 is 23.1 Å². The molecule has 91 heavy (non-hydrogen) atoms. The summed E-state index contributed by atoms with van der Waals surface area (Å²) in [5.74, 6) is -12.9. The van der Waals surface area contributed by atoms with Gasteiger partial charge in [-0.2, -0.15) is 0 Å². The topological polar surface area (TPSA) is 393 Å². The van der Waals surface area contributed by atoms with E-state index >= 15 is 0 Å². The monoisotopic (exact) mass is 1270 g/mol. The van der Waals surface area contributed by atoms with Gasteiger partial charge in [-0.3, -0.25) is 19.2 Å². The smallest absolute Gasteiger partial charge is 0.224 e. The molecule has 0 amide bonds. The third-order valence-electron chi connectivity index (χ3n) is 19.8. The van der Waals surface area contributed by atoms with Crippen LogP contribution in [0.25, 0.3) is 0 Å². The maximum Gasteiger partial charge on any atom is 0.224 e. The summed E-state index contributed by atoms with van der Waals surface area (Å²) in [6.45, 7) is 2.00. The fraction of sp³-hybridized carbons (Fsp3) is 0.569. The van der Waals surface area contributed by atoms with Crippen LogP contribution in [0.5, 0.6) is 34.5 Å². The van der Waals surface area contributed by atoms with Crippen molar-refractivity contribution in [2.24, 2.45) is 11.5 Å². The van der Waals surface area contributed by atoms with Crippen molar-refractivity contribution in [3.8, 4) is 34.5 Å². The molecule has 490 valence electrons. The van der Waals surface area contributed by atoms with Gasteiger partial charge in [0.1, 0.15) is 71.1 Å². The number of rotatable bonds is 13. The molecule has 5 fully saturated rings. The molecular formula is C65H76N2O24. The minimum absolute atomic E-state index is 0.00522. The van der Waals surface area contributed by atoms with Crippen LogP contribution < -0.4 is 20.9 Å². The molecule has 5 aliphatic heterocycles. The summed E-state index contributed by atoms with van der Waals surface area (Å²) in [6.07, 6.45) is -7.62. The minimum atomic E-state index is -3.09. The number of aliphatic hydroxyl groups is 4. The quantitative estimate of drug-likeness (QED) is 0.0735. The first-order chi connectivity index (χ1) is 43.5. The molecular weight excluding hydrogens is 1190 g/mol. The molecule has 5 saturated heterocycles. The maximum atomic E-state index is 14.6. The van der Waals surface area contributed by atoms with Crippen LogP contribution in [0.4, 0.5) is 0 Å². The van der Waals surface area contributed by atoms with Crippen molar-refractivity contribution in [3.05, 3.63) is 103 Å². The second kappa shape index (κ2) is 23.9. The van der Waals surface area contributed by atoms with Gasteiger partial charge >= 0.3 is 0 Å². The van der Waals surface area contributed by atoms with E-state index in [1.54, 1.807) is 13.8 Å². The fourth-order valence-electron chi connectivity index (χ4n) is 15.2. The first-order valence-corrected chi connectivity index (χ1v) is 31.0. The van der Waals surface area contributed by atoms with E-state index in [4.69, 9.17) is 68.3 Å². The van der Waals surface area contributed by atoms with Gasteiger partial charge in [0.2, 0.25) is 23.1 Å². The number of carbonyl (C=O) groups excluding carboxylic acids is 4. The van der Waals surface area contributed by atoms with Gasteiger partial charge in [0.25, 0.3) is 0 Å².